The zero-order chi connectivity index (χ0) is 14.1. The van der Waals surface area contributed by atoms with E-state index in [9.17, 15) is 8.78 Å². The number of hydrogen-bond acceptors (Lipinski definition) is 2. The number of nitrogens with one attached hydrogen (secondary N) is 1. The van der Waals surface area contributed by atoms with Crippen LogP contribution in [0, 0.1) is 11.6 Å². The highest BCUT2D eigenvalue weighted by atomic mass is 19.1. The number of rotatable bonds is 3. The number of ether oxygens (including phenoxy) is 1. The molecule has 4 heteroatoms. The van der Waals surface area contributed by atoms with Crippen LogP contribution in [0.4, 0.5) is 8.78 Å². The predicted molar refractivity (Wildman–Crippen MR) is 73.8 cm³/mol. The first-order chi connectivity index (χ1) is 9.69. The average Bonchev–Trinajstić information content (AvgIpc) is 2.84. The van der Waals surface area contributed by atoms with Crippen LogP contribution in [-0.2, 0) is 6.42 Å². The third-order valence-electron chi connectivity index (χ3n) is 3.48. The largest absolute Gasteiger partial charge is 0.488 e. The molecule has 20 heavy (non-hydrogen) atoms. The molecule has 1 atom stereocenters. The Morgan fingerprint density at radius 2 is 2.05 bits per heavy atom. The summed E-state index contributed by atoms with van der Waals surface area (Å²) in [5, 5.41) is 3.07. The quantitative estimate of drug-likeness (QED) is 0.929. The molecule has 104 valence electrons. The average molecular weight is 275 g/mol. The first-order valence-corrected chi connectivity index (χ1v) is 6.57. The normalized spacial score (nSPS) is 16.9. The lowest BCUT2D eigenvalue weighted by Gasteiger charge is -2.12. The second kappa shape index (κ2) is 5.21. The highest BCUT2D eigenvalue weighted by Gasteiger charge is 2.26. The molecule has 0 saturated carbocycles. The van der Waals surface area contributed by atoms with Crippen molar-refractivity contribution in [3.05, 3.63) is 53.6 Å². The summed E-state index contributed by atoms with van der Waals surface area (Å²) in [5.74, 6) is -0.235. The zero-order valence-corrected chi connectivity index (χ0v) is 11.1. The second-order valence-electron chi connectivity index (χ2n) is 4.92. The minimum Gasteiger partial charge on any atom is -0.488 e. The van der Waals surface area contributed by atoms with Gasteiger partial charge in [-0.05, 0) is 30.8 Å². The van der Waals surface area contributed by atoms with E-state index in [4.69, 9.17) is 4.74 Å². The molecule has 1 aliphatic heterocycles. The number of halogens is 2. The number of benzene rings is 2. The van der Waals surface area contributed by atoms with Gasteiger partial charge in [0.1, 0.15) is 23.5 Å². The van der Waals surface area contributed by atoms with Crippen LogP contribution in [0.15, 0.2) is 36.4 Å². The molecule has 2 nitrogen and oxygen atoms in total. The highest BCUT2D eigenvalue weighted by Crippen LogP contribution is 2.39. The smallest absolute Gasteiger partial charge is 0.131 e. The fourth-order valence-corrected chi connectivity index (χ4v) is 2.60. The van der Waals surface area contributed by atoms with Crippen molar-refractivity contribution in [3.63, 3.8) is 0 Å². The van der Waals surface area contributed by atoms with E-state index in [1.54, 1.807) is 6.07 Å². The van der Waals surface area contributed by atoms with Crippen molar-refractivity contribution in [1.82, 2.24) is 5.32 Å². The van der Waals surface area contributed by atoms with E-state index in [1.807, 2.05) is 19.2 Å². The van der Waals surface area contributed by atoms with Crippen molar-refractivity contribution < 1.29 is 13.5 Å². The lowest BCUT2D eigenvalue weighted by atomic mass is 10.00. The molecule has 0 amide bonds. The van der Waals surface area contributed by atoms with E-state index in [1.165, 1.54) is 6.07 Å². The summed E-state index contributed by atoms with van der Waals surface area (Å²) in [4.78, 5) is 0. The fourth-order valence-electron chi connectivity index (χ4n) is 2.60. The van der Waals surface area contributed by atoms with Crippen LogP contribution in [0.5, 0.6) is 5.75 Å². The molecule has 1 unspecified atom stereocenters. The van der Waals surface area contributed by atoms with Gasteiger partial charge in [0.2, 0.25) is 0 Å². The monoisotopic (exact) mass is 275 g/mol. The van der Waals surface area contributed by atoms with Crippen molar-refractivity contribution in [2.24, 2.45) is 0 Å². The zero-order valence-electron chi connectivity index (χ0n) is 11.1. The Morgan fingerprint density at radius 1 is 1.20 bits per heavy atom. The molecular formula is C16H15F2NO. The summed E-state index contributed by atoms with van der Waals surface area (Å²) < 4.78 is 33.2. The first-order valence-electron chi connectivity index (χ1n) is 6.57. The van der Waals surface area contributed by atoms with Crippen LogP contribution in [0.25, 0.3) is 11.1 Å². The SMILES string of the molecule is CNCC1Cc2cccc(-c3cc(F)ccc3F)c2O1. The predicted octanol–water partition coefficient (Wildman–Crippen LogP) is 3.15. The van der Waals surface area contributed by atoms with E-state index in [0.29, 0.717) is 11.3 Å². The third kappa shape index (κ3) is 2.27. The van der Waals surface area contributed by atoms with Gasteiger partial charge >= 0.3 is 0 Å². The second-order valence-corrected chi connectivity index (χ2v) is 4.92. The van der Waals surface area contributed by atoms with E-state index >= 15 is 0 Å². The molecule has 0 fully saturated rings. The molecule has 0 spiro atoms. The number of likely N-dealkylation sites (N-methyl/N-ethyl adjacent to an activating group) is 1. The molecule has 2 aromatic carbocycles. The molecule has 1 N–H and O–H groups in total. The van der Waals surface area contributed by atoms with Gasteiger partial charge in [0.25, 0.3) is 0 Å². The van der Waals surface area contributed by atoms with Crippen molar-refractivity contribution in [1.29, 1.82) is 0 Å². The van der Waals surface area contributed by atoms with Crippen molar-refractivity contribution >= 4 is 0 Å². The molecule has 0 aliphatic carbocycles. The molecule has 0 bridgehead atoms. The van der Waals surface area contributed by atoms with Crippen LogP contribution < -0.4 is 10.1 Å². The molecule has 1 aliphatic rings. The van der Waals surface area contributed by atoms with E-state index in [-0.39, 0.29) is 11.7 Å². The Bertz CT molecular complexity index is 642. The van der Waals surface area contributed by atoms with Crippen molar-refractivity contribution in [3.8, 4) is 16.9 Å². The van der Waals surface area contributed by atoms with E-state index < -0.39 is 11.6 Å². The summed E-state index contributed by atoms with van der Waals surface area (Å²) in [6, 6.07) is 9.05. The Hall–Kier alpha value is -1.94. The van der Waals surface area contributed by atoms with Gasteiger partial charge in [-0.25, -0.2) is 8.78 Å². The van der Waals surface area contributed by atoms with Gasteiger partial charge in [0, 0.05) is 24.1 Å². The highest BCUT2D eigenvalue weighted by molar-refractivity contribution is 5.73. The minimum absolute atomic E-state index is 0.0350. The van der Waals surface area contributed by atoms with E-state index in [2.05, 4.69) is 5.32 Å². The molecule has 0 radical (unpaired) electrons. The maximum Gasteiger partial charge on any atom is 0.131 e. The lowest BCUT2D eigenvalue weighted by molar-refractivity contribution is 0.232. The summed E-state index contributed by atoms with van der Waals surface area (Å²) in [5.41, 5.74) is 1.89. The topological polar surface area (TPSA) is 21.3 Å². The first kappa shape index (κ1) is 13.1. The van der Waals surface area contributed by atoms with Crippen LogP contribution in [0.3, 0.4) is 0 Å². The lowest BCUT2D eigenvalue weighted by Crippen LogP contribution is -2.27. The van der Waals surface area contributed by atoms with Gasteiger partial charge in [-0.15, -0.1) is 0 Å². The van der Waals surface area contributed by atoms with Gasteiger partial charge in [0.15, 0.2) is 0 Å². The number of fused-ring (bicyclic) bond motifs is 1. The summed E-state index contributed by atoms with van der Waals surface area (Å²) in [6.07, 6.45) is 0.814. The van der Waals surface area contributed by atoms with Gasteiger partial charge in [-0.3, -0.25) is 0 Å². The van der Waals surface area contributed by atoms with Crippen LogP contribution in [-0.4, -0.2) is 19.7 Å². The third-order valence-corrected chi connectivity index (χ3v) is 3.48. The summed E-state index contributed by atoms with van der Waals surface area (Å²) in [7, 11) is 1.86. The summed E-state index contributed by atoms with van der Waals surface area (Å²) in [6.45, 7) is 0.722. The Kier molecular flexibility index (Phi) is 3.40. The Balaban J connectivity index is 2.05. The van der Waals surface area contributed by atoms with Gasteiger partial charge in [0.05, 0.1) is 0 Å². The van der Waals surface area contributed by atoms with Crippen LogP contribution in [0.2, 0.25) is 0 Å². The summed E-state index contributed by atoms with van der Waals surface area (Å²) >= 11 is 0. The van der Waals surface area contributed by atoms with Crippen LogP contribution >= 0.6 is 0 Å². The van der Waals surface area contributed by atoms with Crippen molar-refractivity contribution in [2.45, 2.75) is 12.5 Å². The molecule has 1 heterocycles. The van der Waals surface area contributed by atoms with Gasteiger partial charge in [-0.1, -0.05) is 18.2 Å². The maximum absolute atomic E-state index is 13.9. The molecule has 3 rings (SSSR count). The van der Waals surface area contributed by atoms with Gasteiger partial charge < -0.3 is 10.1 Å². The molecule has 0 aromatic heterocycles. The number of hydrogen-bond donors (Lipinski definition) is 1. The van der Waals surface area contributed by atoms with Crippen LogP contribution in [0.1, 0.15) is 5.56 Å². The maximum atomic E-state index is 13.9. The minimum atomic E-state index is -0.455. The Labute approximate surface area is 116 Å². The van der Waals surface area contributed by atoms with E-state index in [0.717, 1.165) is 30.7 Å². The Morgan fingerprint density at radius 3 is 2.85 bits per heavy atom. The fraction of sp³-hybridized carbons (Fsp3) is 0.250. The molecule has 2 aromatic rings. The molecular weight excluding hydrogens is 260 g/mol. The molecule has 0 saturated heterocycles. The number of para-hydroxylation sites is 1. The standard InChI is InChI=1S/C16H15F2NO/c1-19-9-12-7-10-3-2-4-13(16(10)20-12)14-8-11(17)5-6-15(14)18/h2-6,8,12,19H,7,9H2,1H3. The van der Waals surface area contributed by atoms with Gasteiger partial charge in [-0.2, -0.15) is 0 Å². The van der Waals surface area contributed by atoms with Crippen molar-refractivity contribution in [2.75, 3.05) is 13.6 Å².